The Bertz CT molecular complexity index is 416. The van der Waals surface area contributed by atoms with Crippen LogP contribution in [0.4, 0.5) is 13.2 Å². The van der Waals surface area contributed by atoms with Crippen LogP contribution in [0.1, 0.15) is 29.3 Å². The zero-order chi connectivity index (χ0) is 13.1. The van der Waals surface area contributed by atoms with E-state index >= 15 is 0 Å². The molecule has 0 spiro atoms. The molecule has 0 aliphatic carbocycles. The number of hydrogen-bond donors (Lipinski definition) is 0. The standard InChI is InChI=1S/C11H10BrF3O2/c1-2-5-17-10(16)7-3-4-9(12)8(6-7)11(13,14)15/h3-4,6H,2,5H2,1H3. The Hall–Kier alpha value is -1.04. The molecular formula is C11H10BrF3O2. The number of esters is 1. The number of carbonyl (C=O) groups excluding carboxylic acids is 1. The maximum absolute atomic E-state index is 12.6. The summed E-state index contributed by atoms with van der Waals surface area (Å²) in [5.41, 5.74) is -0.988. The van der Waals surface area contributed by atoms with Crippen molar-refractivity contribution in [2.45, 2.75) is 19.5 Å². The number of ether oxygens (including phenoxy) is 1. The SMILES string of the molecule is CCCOC(=O)c1ccc(Br)c(C(F)(F)F)c1. The minimum absolute atomic E-state index is 0.1000. The van der Waals surface area contributed by atoms with Crippen molar-refractivity contribution in [3.63, 3.8) is 0 Å². The fraction of sp³-hybridized carbons (Fsp3) is 0.364. The van der Waals surface area contributed by atoms with Gasteiger partial charge in [-0.15, -0.1) is 0 Å². The zero-order valence-electron chi connectivity index (χ0n) is 8.97. The summed E-state index contributed by atoms with van der Waals surface area (Å²) in [7, 11) is 0. The lowest BCUT2D eigenvalue weighted by atomic mass is 10.1. The molecule has 0 saturated carbocycles. The summed E-state index contributed by atoms with van der Waals surface area (Å²) in [6.07, 6.45) is -3.88. The molecule has 0 fully saturated rings. The highest BCUT2D eigenvalue weighted by Crippen LogP contribution is 2.35. The highest BCUT2D eigenvalue weighted by molar-refractivity contribution is 9.10. The maximum Gasteiger partial charge on any atom is 0.417 e. The van der Waals surface area contributed by atoms with E-state index in [1.54, 1.807) is 6.92 Å². The lowest BCUT2D eigenvalue weighted by Gasteiger charge is -2.10. The van der Waals surface area contributed by atoms with Gasteiger partial charge in [0.2, 0.25) is 0 Å². The Morgan fingerprint density at radius 2 is 2.06 bits per heavy atom. The maximum atomic E-state index is 12.6. The van der Waals surface area contributed by atoms with E-state index in [1.165, 1.54) is 12.1 Å². The molecule has 17 heavy (non-hydrogen) atoms. The van der Waals surface area contributed by atoms with Crippen molar-refractivity contribution in [2.24, 2.45) is 0 Å². The van der Waals surface area contributed by atoms with Gasteiger partial charge in [-0.25, -0.2) is 4.79 Å². The van der Waals surface area contributed by atoms with Crippen LogP contribution in [0.2, 0.25) is 0 Å². The molecule has 6 heteroatoms. The van der Waals surface area contributed by atoms with Gasteiger partial charge in [-0.2, -0.15) is 13.2 Å². The van der Waals surface area contributed by atoms with Gasteiger partial charge in [0.25, 0.3) is 0 Å². The Morgan fingerprint density at radius 3 is 2.59 bits per heavy atom. The van der Waals surface area contributed by atoms with E-state index in [9.17, 15) is 18.0 Å². The van der Waals surface area contributed by atoms with Crippen molar-refractivity contribution >= 4 is 21.9 Å². The van der Waals surface area contributed by atoms with Gasteiger partial charge in [-0.05, 0) is 24.6 Å². The van der Waals surface area contributed by atoms with Crippen LogP contribution in [-0.4, -0.2) is 12.6 Å². The molecule has 0 bridgehead atoms. The molecule has 0 heterocycles. The van der Waals surface area contributed by atoms with Crippen LogP contribution >= 0.6 is 15.9 Å². The Labute approximate surface area is 105 Å². The molecule has 0 aliphatic heterocycles. The number of rotatable bonds is 3. The predicted octanol–water partition coefficient (Wildman–Crippen LogP) is 4.03. The fourth-order valence-corrected chi connectivity index (χ4v) is 1.62. The fourth-order valence-electron chi connectivity index (χ4n) is 1.15. The van der Waals surface area contributed by atoms with Crippen LogP contribution < -0.4 is 0 Å². The van der Waals surface area contributed by atoms with Crippen molar-refractivity contribution < 1.29 is 22.7 Å². The summed E-state index contributed by atoms with van der Waals surface area (Å²) in [6, 6.07) is 3.25. The first kappa shape index (κ1) is 14.0. The molecular weight excluding hydrogens is 301 g/mol. The highest BCUT2D eigenvalue weighted by Gasteiger charge is 2.33. The average Bonchev–Trinajstić information content (AvgIpc) is 2.25. The first-order valence-corrected chi connectivity index (χ1v) is 5.69. The van der Waals surface area contributed by atoms with E-state index in [2.05, 4.69) is 15.9 Å². The van der Waals surface area contributed by atoms with Crippen molar-refractivity contribution in [3.8, 4) is 0 Å². The van der Waals surface area contributed by atoms with Crippen LogP contribution in [0.5, 0.6) is 0 Å². The van der Waals surface area contributed by atoms with Gasteiger partial charge in [0, 0.05) is 4.47 Å². The summed E-state index contributed by atoms with van der Waals surface area (Å²) in [5.74, 6) is -0.746. The normalized spacial score (nSPS) is 11.4. The monoisotopic (exact) mass is 310 g/mol. The lowest BCUT2D eigenvalue weighted by molar-refractivity contribution is -0.138. The second-order valence-electron chi connectivity index (χ2n) is 3.33. The lowest BCUT2D eigenvalue weighted by Crippen LogP contribution is -2.10. The summed E-state index contributed by atoms with van der Waals surface area (Å²) < 4.78 is 42.3. The van der Waals surface area contributed by atoms with Gasteiger partial charge in [-0.1, -0.05) is 22.9 Å². The summed E-state index contributed by atoms with van der Waals surface area (Å²) in [5, 5.41) is 0. The largest absolute Gasteiger partial charge is 0.462 e. The third-order valence-corrected chi connectivity index (χ3v) is 2.64. The molecule has 1 aromatic rings. The van der Waals surface area contributed by atoms with Gasteiger partial charge < -0.3 is 4.74 Å². The third kappa shape index (κ3) is 3.73. The molecule has 0 atom stereocenters. The van der Waals surface area contributed by atoms with E-state index in [4.69, 9.17) is 4.74 Å². The second kappa shape index (κ2) is 5.53. The van der Waals surface area contributed by atoms with E-state index in [0.29, 0.717) is 6.42 Å². The number of alkyl halides is 3. The number of hydrogen-bond acceptors (Lipinski definition) is 2. The first-order chi connectivity index (χ1) is 7.86. The molecule has 0 amide bonds. The van der Waals surface area contributed by atoms with Crippen LogP contribution in [0.3, 0.4) is 0 Å². The van der Waals surface area contributed by atoms with Gasteiger partial charge in [0.15, 0.2) is 0 Å². The van der Waals surface area contributed by atoms with Gasteiger partial charge in [-0.3, -0.25) is 0 Å². The number of benzene rings is 1. The molecule has 0 aliphatic rings. The third-order valence-electron chi connectivity index (χ3n) is 1.94. The van der Waals surface area contributed by atoms with Crippen molar-refractivity contribution in [1.82, 2.24) is 0 Å². The minimum Gasteiger partial charge on any atom is -0.462 e. The van der Waals surface area contributed by atoms with Gasteiger partial charge >= 0.3 is 12.1 Å². The molecule has 1 rings (SSSR count). The number of halogens is 4. The predicted molar refractivity (Wildman–Crippen MR) is 59.7 cm³/mol. The summed E-state index contributed by atoms with van der Waals surface area (Å²) in [6.45, 7) is 1.99. The molecule has 0 unspecified atom stereocenters. The quantitative estimate of drug-likeness (QED) is 0.788. The van der Waals surface area contributed by atoms with E-state index in [1.807, 2.05) is 0 Å². The average molecular weight is 311 g/mol. The minimum atomic E-state index is -4.50. The molecule has 0 aromatic heterocycles. The Balaban J connectivity index is 3.00. The Kier molecular flexibility index (Phi) is 4.56. The van der Waals surface area contributed by atoms with Crippen LogP contribution in [-0.2, 0) is 10.9 Å². The van der Waals surface area contributed by atoms with Crippen LogP contribution in [0.15, 0.2) is 22.7 Å². The highest BCUT2D eigenvalue weighted by atomic mass is 79.9. The van der Waals surface area contributed by atoms with Crippen LogP contribution in [0.25, 0.3) is 0 Å². The van der Waals surface area contributed by atoms with E-state index in [-0.39, 0.29) is 16.6 Å². The van der Waals surface area contributed by atoms with E-state index < -0.39 is 17.7 Å². The van der Waals surface area contributed by atoms with Gasteiger partial charge in [0.1, 0.15) is 0 Å². The molecule has 94 valence electrons. The topological polar surface area (TPSA) is 26.3 Å². The first-order valence-electron chi connectivity index (χ1n) is 4.90. The van der Waals surface area contributed by atoms with E-state index in [0.717, 1.165) is 6.07 Å². The zero-order valence-corrected chi connectivity index (χ0v) is 10.6. The number of carbonyl (C=O) groups is 1. The summed E-state index contributed by atoms with van der Waals surface area (Å²) in [4.78, 5) is 11.4. The van der Waals surface area contributed by atoms with Crippen molar-refractivity contribution in [2.75, 3.05) is 6.61 Å². The molecule has 0 saturated heterocycles. The molecule has 0 radical (unpaired) electrons. The van der Waals surface area contributed by atoms with Crippen molar-refractivity contribution in [3.05, 3.63) is 33.8 Å². The molecule has 2 nitrogen and oxygen atoms in total. The Morgan fingerprint density at radius 1 is 1.41 bits per heavy atom. The summed E-state index contributed by atoms with van der Waals surface area (Å²) >= 11 is 2.80. The smallest absolute Gasteiger partial charge is 0.417 e. The van der Waals surface area contributed by atoms with Crippen LogP contribution in [0, 0.1) is 0 Å². The second-order valence-corrected chi connectivity index (χ2v) is 4.18. The van der Waals surface area contributed by atoms with Gasteiger partial charge in [0.05, 0.1) is 17.7 Å². The molecule has 0 N–H and O–H groups in total. The molecule has 1 aromatic carbocycles. The van der Waals surface area contributed by atoms with Crippen molar-refractivity contribution in [1.29, 1.82) is 0 Å².